The predicted octanol–water partition coefficient (Wildman–Crippen LogP) is 5.69. The number of allylic oxidation sites excluding steroid dienone is 2. The van der Waals surface area contributed by atoms with Crippen molar-refractivity contribution in [2.24, 2.45) is 11.8 Å². The van der Waals surface area contributed by atoms with Crippen LogP contribution < -0.4 is 14.2 Å². The van der Waals surface area contributed by atoms with Gasteiger partial charge in [-0.25, -0.2) is 0 Å². The highest BCUT2D eigenvalue weighted by Crippen LogP contribution is 2.33. The van der Waals surface area contributed by atoms with Crippen LogP contribution in [0.2, 0.25) is 0 Å². The first-order valence-corrected chi connectivity index (χ1v) is 11.3. The first kappa shape index (κ1) is 24.3. The van der Waals surface area contributed by atoms with Crippen LogP contribution in [0.4, 0.5) is 0 Å². The second-order valence-electron chi connectivity index (χ2n) is 8.40. The van der Waals surface area contributed by atoms with Gasteiger partial charge in [-0.05, 0) is 66.3 Å². The van der Waals surface area contributed by atoms with Gasteiger partial charge in [0.25, 0.3) is 0 Å². The van der Waals surface area contributed by atoms with E-state index in [0.717, 1.165) is 35.3 Å². The van der Waals surface area contributed by atoms with Crippen LogP contribution >= 0.6 is 0 Å². The van der Waals surface area contributed by atoms with Gasteiger partial charge in [-0.3, -0.25) is 9.59 Å². The Labute approximate surface area is 196 Å². The van der Waals surface area contributed by atoms with E-state index in [1.165, 1.54) is 18.6 Å². The van der Waals surface area contributed by atoms with Crippen LogP contribution in [-0.2, 0) is 9.59 Å². The normalized spacial score (nSPS) is 14.8. The molecule has 0 heterocycles. The summed E-state index contributed by atoms with van der Waals surface area (Å²) in [7, 11) is 4.77. The van der Waals surface area contributed by atoms with Gasteiger partial charge in [0.1, 0.15) is 5.75 Å². The molecule has 0 bridgehead atoms. The second-order valence-corrected chi connectivity index (χ2v) is 8.40. The lowest BCUT2D eigenvalue weighted by Crippen LogP contribution is -2.26. The number of hydrogen-bond donors (Lipinski definition) is 0. The van der Waals surface area contributed by atoms with Crippen LogP contribution in [0, 0.1) is 18.8 Å². The predicted molar refractivity (Wildman–Crippen MR) is 131 cm³/mol. The Kier molecular flexibility index (Phi) is 8.47. The Morgan fingerprint density at radius 3 is 1.91 bits per heavy atom. The molecule has 0 radical (unpaired) electrons. The van der Waals surface area contributed by atoms with Crippen molar-refractivity contribution in [3.8, 4) is 17.2 Å². The fourth-order valence-electron chi connectivity index (χ4n) is 3.92. The molecule has 5 nitrogen and oxygen atoms in total. The SMILES string of the molecule is COc1cc(/C=C/C(=O)C(CC2CCC2)C(=O)/C=C/c2ccc(OC)c(OC)c2)ccc1C. The molecule has 1 aliphatic rings. The van der Waals surface area contributed by atoms with Crippen LogP contribution in [0.1, 0.15) is 42.4 Å². The summed E-state index contributed by atoms with van der Waals surface area (Å²) in [6, 6.07) is 11.2. The number of carbonyl (C=O) groups excluding carboxylic acids is 2. The lowest BCUT2D eigenvalue weighted by molar-refractivity contribution is -0.128. The zero-order chi connectivity index (χ0) is 23.8. The van der Waals surface area contributed by atoms with Crippen molar-refractivity contribution in [3.05, 3.63) is 65.2 Å². The van der Waals surface area contributed by atoms with Gasteiger partial charge in [0.05, 0.1) is 27.2 Å². The topological polar surface area (TPSA) is 61.8 Å². The van der Waals surface area contributed by atoms with Gasteiger partial charge >= 0.3 is 0 Å². The van der Waals surface area contributed by atoms with Crippen molar-refractivity contribution in [1.29, 1.82) is 0 Å². The molecular weight excluding hydrogens is 416 g/mol. The molecule has 174 valence electrons. The fourth-order valence-corrected chi connectivity index (χ4v) is 3.92. The summed E-state index contributed by atoms with van der Waals surface area (Å²) in [5, 5.41) is 0. The van der Waals surface area contributed by atoms with Crippen molar-refractivity contribution in [2.75, 3.05) is 21.3 Å². The Bertz CT molecular complexity index is 1050. The molecule has 0 aromatic heterocycles. The number of ketones is 2. The van der Waals surface area contributed by atoms with Gasteiger partial charge in [0, 0.05) is 0 Å². The Balaban J connectivity index is 1.76. The quantitative estimate of drug-likeness (QED) is 0.326. The van der Waals surface area contributed by atoms with Crippen LogP contribution in [0.25, 0.3) is 12.2 Å². The average Bonchev–Trinajstić information content (AvgIpc) is 2.80. The summed E-state index contributed by atoms with van der Waals surface area (Å²) >= 11 is 0. The van der Waals surface area contributed by atoms with E-state index in [0.29, 0.717) is 23.8 Å². The van der Waals surface area contributed by atoms with Crippen LogP contribution in [-0.4, -0.2) is 32.9 Å². The molecule has 3 rings (SSSR count). The van der Waals surface area contributed by atoms with E-state index in [2.05, 4.69) is 0 Å². The lowest BCUT2D eigenvalue weighted by Gasteiger charge is -2.27. The highest BCUT2D eigenvalue weighted by Gasteiger charge is 2.29. The van der Waals surface area contributed by atoms with E-state index in [1.807, 2.05) is 31.2 Å². The molecule has 5 heteroatoms. The number of carbonyl (C=O) groups is 2. The Morgan fingerprint density at radius 2 is 1.39 bits per heavy atom. The molecule has 2 aromatic rings. The van der Waals surface area contributed by atoms with Crippen LogP contribution in [0.15, 0.2) is 48.6 Å². The zero-order valence-corrected chi connectivity index (χ0v) is 19.8. The van der Waals surface area contributed by atoms with Crippen molar-refractivity contribution in [1.82, 2.24) is 0 Å². The van der Waals surface area contributed by atoms with E-state index in [-0.39, 0.29) is 11.6 Å². The molecule has 1 unspecified atom stereocenters. The lowest BCUT2D eigenvalue weighted by atomic mass is 9.76. The minimum Gasteiger partial charge on any atom is -0.496 e. The molecule has 0 amide bonds. The fraction of sp³-hybridized carbons (Fsp3) is 0.357. The summed E-state index contributed by atoms with van der Waals surface area (Å²) < 4.78 is 15.9. The van der Waals surface area contributed by atoms with Crippen molar-refractivity contribution in [2.45, 2.75) is 32.6 Å². The number of ether oxygens (including phenoxy) is 3. The smallest absolute Gasteiger partial charge is 0.166 e. The maximum atomic E-state index is 13.1. The molecule has 0 aliphatic heterocycles. The monoisotopic (exact) mass is 448 g/mol. The summed E-state index contributed by atoms with van der Waals surface area (Å²) in [6.45, 7) is 1.97. The molecule has 1 saturated carbocycles. The van der Waals surface area contributed by atoms with Gasteiger partial charge < -0.3 is 14.2 Å². The van der Waals surface area contributed by atoms with Gasteiger partial charge in [0.15, 0.2) is 23.1 Å². The number of rotatable bonds is 11. The van der Waals surface area contributed by atoms with Crippen LogP contribution in [0.5, 0.6) is 17.2 Å². The third kappa shape index (κ3) is 6.35. The number of benzene rings is 2. The molecular formula is C28H32O5. The third-order valence-electron chi connectivity index (χ3n) is 6.20. The minimum atomic E-state index is -0.671. The van der Waals surface area contributed by atoms with Gasteiger partial charge in [-0.2, -0.15) is 0 Å². The van der Waals surface area contributed by atoms with Crippen molar-refractivity contribution < 1.29 is 23.8 Å². The number of methoxy groups -OCH3 is 3. The molecule has 1 atom stereocenters. The average molecular weight is 449 g/mol. The summed E-state index contributed by atoms with van der Waals surface area (Å²) in [5.41, 5.74) is 2.69. The summed E-state index contributed by atoms with van der Waals surface area (Å²) in [5.74, 6) is 1.41. The highest BCUT2D eigenvalue weighted by atomic mass is 16.5. The van der Waals surface area contributed by atoms with E-state index in [1.54, 1.807) is 45.6 Å². The van der Waals surface area contributed by atoms with E-state index < -0.39 is 5.92 Å². The molecule has 33 heavy (non-hydrogen) atoms. The molecule has 1 aliphatic carbocycles. The second kappa shape index (κ2) is 11.5. The number of hydrogen-bond acceptors (Lipinski definition) is 5. The molecule has 0 spiro atoms. The summed E-state index contributed by atoms with van der Waals surface area (Å²) in [6.07, 6.45) is 10.4. The van der Waals surface area contributed by atoms with Crippen molar-refractivity contribution >= 4 is 23.7 Å². The maximum Gasteiger partial charge on any atom is 0.166 e. The Hall–Kier alpha value is -3.34. The maximum absolute atomic E-state index is 13.1. The third-order valence-corrected chi connectivity index (χ3v) is 6.20. The van der Waals surface area contributed by atoms with E-state index in [9.17, 15) is 9.59 Å². The Morgan fingerprint density at radius 1 is 0.848 bits per heavy atom. The highest BCUT2D eigenvalue weighted by molar-refractivity contribution is 6.13. The zero-order valence-electron chi connectivity index (χ0n) is 19.8. The first-order chi connectivity index (χ1) is 15.9. The molecule has 1 fully saturated rings. The van der Waals surface area contributed by atoms with Gasteiger partial charge in [0.2, 0.25) is 0 Å². The standard InChI is InChI=1S/C28H32O5/c1-19-8-9-21(17-27(19)32-3)10-13-24(29)23(16-20-6-5-7-20)25(30)14-11-22-12-15-26(31-2)28(18-22)33-4/h8-15,17-18,20,23H,5-7,16H2,1-4H3/b13-10+,14-11+. The molecule has 0 saturated heterocycles. The minimum absolute atomic E-state index is 0.164. The first-order valence-electron chi connectivity index (χ1n) is 11.3. The van der Waals surface area contributed by atoms with E-state index in [4.69, 9.17) is 14.2 Å². The molecule has 0 N–H and O–H groups in total. The molecule has 2 aromatic carbocycles. The van der Waals surface area contributed by atoms with Crippen LogP contribution in [0.3, 0.4) is 0 Å². The largest absolute Gasteiger partial charge is 0.496 e. The number of aryl methyl sites for hydroxylation is 1. The van der Waals surface area contributed by atoms with Gasteiger partial charge in [-0.1, -0.05) is 49.6 Å². The summed E-state index contributed by atoms with van der Waals surface area (Å²) in [4.78, 5) is 26.1. The van der Waals surface area contributed by atoms with Crippen molar-refractivity contribution in [3.63, 3.8) is 0 Å². The van der Waals surface area contributed by atoms with E-state index >= 15 is 0 Å². The van der Waals surface area contributed by atoms with Gasteiger partial charge in [-0.15, -0.1) is 0 Å².